The summed E-state index contributed by atoms with van der Waals surface area (Å²) < 4.78 is 5.88. The Kier molecular flexibility index (Phi) is 4.56. The molecule has 0 saturated heterocycles. The Balaban J connectivity index is 2.10. The van der Waals surface area contributed by atoms with E-state index < -0.39 is 0 Å². The summed E-state index contributed by atoms with van der Waals surface area (Å²) in [5.74, 6) is 1.80. The third kappa shape index (κ3) is 3.65. The van der Waals surface area contributed by atoms with Crippen LogP contribution in [0.3, 0.4) is 0 Å². The van der Waals surface area contributed by atoms with Crippen molar-refractivity contribution in [1.82, 2.24) is 5.32 Å². The van der Waals surface area contributed by atoms with Gasteiger partial charge in [0.1, 0.15) is 11.5 Å². The highest BCUT2D eigenvalue weighted by atomic mass is 35.5. The molecule has 0 amide bonds. The first-order valence-corrected chi connectivity index (χ1v) is 7.39. The van der Waals surface area contributed by atoms with Crippen molar-refractivity contribution in [1.29, 1.82) is 0 Å². The second kappa shape index (κ2) is 6.02. The van der Waals surface area contributed by atoms with Crippen LogP contribution in [0, 0.1) is 6.92 Å². The minimum Gasteiger partial charge on any atom is -0.460 e. The van der Waals surface area contributed by atoms with Crippen LogP contribution in [-0.2, 0) is 6.54 Å². The average molecular weight is 292 g/mol. The molecule has 3 heteroatoms. The summed E-state index contributed by atoms with van der Waals surface area (Å²) in [6.45, 7) is 9.29. The van der Waals surface area contributed by atoms with E-state index in [9.17, 15) is 0 Å². The van der Waals surface area contributed by atoms with Crippen molar-refractivity contribution in [3.05, 3.63) is 46.7 Å². The molecule has 0 saturated carbocycles. The predicted molar refractivity (Wildman–Crippen MR) is 85.1 cm³/mol. The van der Waals surface area contributed by atoms with Gasteiger partial charge in [-0.1, -0.05) is 30.7 Å². The van der Waals surface area contributed by atoms with Crippen molar-refractivity contribution in [2.24, 2.45) is 0 Å². The molecule has 0 spiro atoms. The highest BCUT2D eigenvalue weighted by Gasteiger charge is 2.14. The Morgan fingerprint density at radius 1 is 1.20 bits per heavy atom. The zero-order valence-corrected chi connectivity index (χ0v) is 13.3. The highest BCUT2D eigenvalue weighted by Crippen LogP contribution is 2.27. The summed E-state index contributed by atoms with van der Waals surface area (Å²) in [4.78, 5) is 0. The van der Waals surface area contributed by atoms with Crippen LogP contribution in [0.1, 0.15) is 38.5 Å². The molecule has 0 bridgehead atoms. The number of benzene rings is 1. The van der Waals surface area contributed by atoms with E-state index in [2.05, 4.69) is 26.1 Å². The fraction of sp³-hybridized carbons (Fsp3) is 0.412. The van der Waals surface area contributed by atoms with Crippen molar-refractivity contribution in [2.45, 2.75) is 46.2 Å². The van der Waals surface area contributed by atoms with Gasteiger partial charge in [0.25, 0.3) is 0 Å². The SMILES string of the molecule is CCC(C)(C)NCc1ccc(-c2ccc(C)c(Cl)c2)o1. The van der Waals surface area contributed by atoms with E-state index in [-0.39, 0.29) is 5.54 Å². The smallest absolute Gasteiger partial charge is 0.134 e. The van der Waals surface area contributed by atoms with Crippen LogP contribution in [0.2, 0.25) is 5.02 Å². The molecular weight excluding hydrogens is 270 g/mol. The third-order valence-corrected chi connectivity index (χ3v) is 4.15. The first kappa shape index (κ1) is 15.1. The van der Waals surface area contributed by atoms with Gasteiger partial charge < -0.3 is 9.73 Å². The van der Waals surface area contributed by atoms with Gasteiger partial charge in [0.05, 0.1) is 6.54 Å². The minimum absolute atomic E-state index is 0.125. The van der Waals surface area contributed by atoms with E-state index in [1.54, 1.807) is 0 Å². The molecule has 20 heavy (non-hydrogen) atoms. The normalized spacial score (nSPS) is 11.8. The topological polar surface area (TPSA) is 25.2 Å². The molecule has 0 atom stereocenters. The van der Waals surface area contributed by atoms with Gasteiger partial charge in [0, 0.05) is 16.1 Å². The molecule has 0 radical (unpaired) electrons. The lowest BCUT2D eigenvalue weighted by Crippen LogP contribution is -2.37. The standard InChI is InChI=1S/C17H22ClNO/c1-5-17(3,4)19-11-14-8-9-16(20-14)13-7-6-12(2)15(18)10-13/h6-10,19H,5,11H2,1-4H3. The Hall–Kier alpha value is -1.25. The Morgan fingerprint density at radius 3 is 2.60 bits per heavy atom. The number of nitrogens with one attached hydrogen (secondary N) is 1. The quantitative estimate of drug-likeness (QED) is 0.820. The molecule has 0 aliphatic carbocycles. The molecule has 1 N–H and O–H groups in total. The molecule has 0 aliphatic rings. The Labute approximate surface area is 126 Å². The van der Waals surface area contributed by atoms with Gasteiger partial charge in [-0.2, -0.15) is 0 Å². The summed E-state index contributed by atoms with van der Waals surface area (Å²) >= 11 is 6.16. The fourth-order valence-electron chi connectivity index (χ4n) is 1.83. The van der Waals surface area contributed by atoms with Gasteiger partial charge >= 0.3 is 0 Å². The zero-order valence-electron chi connectivity index (χ0n) is 12.6. The van der Waals surface area contributed by atoms with Crippen molar-refractivity contribution < 1.29 is 4.42 Å². The lowest BCUT2D eigenvalue weighted by Gasteiger charge is -2.23. The van der Waals surface area contributed by atoms with Crippen molar-refractivity contribution in [3.63, 3.8) is 0 Å². The van der Waals surface area contributed by atoms with E-state index in [0.717, 1.165) is 40.6 Å². The van der Waals surface area contributed by atoms with Crippen LogP contribution in [0.15, 0.2) is 34.7 Å². The van der Waals surface area contributed by atoms with Gasteiger partial charge in [-0.05, 0) is 51.0 Å². The maximum absolute atomic E-state index is 6.16. The van der Waals surface area contributed by atoms with Crippen LogP contribution in [0.5, 0.6) is 0 Å². The van der Waals surface area contributed by atoms with Crippen LogP contribution in [0.25, 0.3) is 11.3 Å². The maximum atomic E-state index is 6.16. The Morgan fingerprint density at radius 2 is 1.95 bits per heavy atom. The van der Waals surface area contributed by atoms with Crippen LogP contribution in [0.4, 0.5) is 0 Å². The molecule has 0 unspecified atom stereocenters. The van der Waals surface area contributed by atoms with Gasteiger partial charge in [-0.25, -0.2) is 0 Å². The van der Waals surface area contributed by atoms with Gasteiger partial charge in [-0.15, -0.1) is 0 Å². The van der Waals surface area contributed by atoms with Gasteiger partial charge in [-0.3, -0.25) is 0 Å². The number of halogens is 1. The zero-order chi connectivity index (χ0) is 14.8. The first-order chi connectivity index (χ1) is 9.41. The summed E-state index contributed by atoms with van der Waals surface area (Å²) in [7, 11) is 0. The van der Waals surface area contributed by atoms with E-state index in [1.165, 1.54) is 0 Å². The number of furan rings is 1. The summed E-state index contributed by atoms with van der Waals surface area (Å²) in [6, 6.07) is 10.0. The average Bonchev–Trinajstić information content (AvgIpc) is 2.89. The minimum atomic E-state index is 0.125. The third-order valence-electron chi connectivity index (χ3n) is 3.74. The molecule has 1 aromatic heterocycles. The second-order valence-corrected chi connectivity index (χ2v) is 6.23. The molecule has 0 aliphatic heterocycles. The van der Waals surface area contributed by atoms with Crippen molar-refractivity contribution in [3.8, 4) is 11.3 Å². The molecular formula is C17H22ClNO. The molecule has 108 valence electrons. The summed E-state index contributed by atoms with van der Waals surface area (Å²) in [5, 5.41) is 4.26. The fourth-order valence-corrected chi connectivity index (χ4v) is 2.01. The second-order valence-electron chi connectivity index (χ2n) is 5.82. The molecule has 1 aromatic carbocycles. The lowest BCUT2D eigenvalue weighted by molar-refractivity contribution is 0.353. The van der Waals surface area contributed by atoms with E-state index in [1.807, 2.05) is 37.3 Å². The van der Waals surface area contributed by atoms with Crippen molar-refractivity contribution in [2.75, 3.05) is 0 Å². The summed E-state index contributed by atoms with van der Waals surface area (Å²) in [6.07, 6.45) is 1.08. The van der Waals surface area contributed by atoms with Crippen LogP contribution in [-0.4, -0.2) is 5.54 Å². The number of aryl methyl sites for hydroxylation is 1. The Bertz CT molecular complexity index is 586. The molecule has 1 heterocycles. The molecule has 2 nitrogen and oxygen atoms in total. The monoisotopic (exact) mass is 291 g/mol. The van der Waals surface area contributed by atoms with E-state index >= 15 is 0 Å². The molecule has 2 rings (SSSR count). The van der Waals surface area contributed by atoms with Gasteiger partial charge in [0.15, 0.2) is 0 Å². The lowest BCUT2D eigenvalue weighted by atomic mass is 10.0. The van der Waals surface area contributed by atoms with E-state index in [0.29, 0.717) is 0 Å². The first-order valence-electron chi connectivity index (χ1n) is 7.01. The number of hydrogen-bond acceptors (Lipinski definition) is 2. The van der Waals surface area contributed by atoms with Gasteiger partial charge in [0.2, 0.25) is 0 Å². The molecule has 0 fully saturated rings. The van der Waals surface area contributed by atoms with Crippen molar-refractivity contribution >= 4 is 11.6 Å². The number of rotatable bonds is 5. The van der Waals surface area contributed by atoms with Crippen LogP contribution < -0.4 is 5.32 Å². The summed E-state index contributed by atoms with van der Waals surface area (Å²) in [5.41, 5.74) is 2.22. The predicted octanol–water partition coefficient (Wildman–Crippen LogP) is 5.19. The number of hydrogen-bond donors (Lipinski definition) is 1. The largest absolute Gasteiger partial charge is 0.460 e. The molecule has 2 aromatic rings. The highest BCUT2D eigenvalue weighted by molar-refractivity contribution is 6.31. The maximum Gasteiger partial charge on any atom is 0.134 e. The van der Waals surface area contributed by atoms with Crippen LogP contribution >= 0.6 is 11.6 Å². The van der Waals surface area contributed by atoms with E-state index in [4.69, 9.17) is 16.0 Å².